The van der Waals surface area contributed by atoms with Crippen LogP contribution in [0, 0.1) is 11.3 Å². The predicted molar refractivity (Wildman–Crippen MR) is 80.7 cm³/mol. The Morgan fingerprint density at radius 2 is 1.65 bits per heavy atom. The molecule has 5 nitrogen and oxygen atoms in total. The van der Waals surface area contributed by atoms with Crippen molar-refractivity contribution in [3.05, 3.63) is 0 Å². The summed E-state index contributed by atoms with van der Waals surface area (Å²) in [5.41, 5.74) is -0.936. The van der Waals surface area contributed by atoms with E-state index < -0.39 is 11.4 Å². The van der Waals surface area contributed by atoms with Gasteiger partial charge in [-0.25, -0.2) is 4.79 Å². The van der Waals surface area contributed by atoms with Crippen molar-refractivity contribution in [3.8, 4) is 0 Å². The van der Waals surface area contributed by atoms with Crippen LogP contribution in [0.1, 0.15) is 59.8 Å². The van der Waals surface area contributed by atoms with Gasteiger partial charge in [-0.1, -0.05) is 39.5 Å². The van der Waals surface area contributed by atoms with Crippen LogP contribution in [0.2, 0.25) is 0 Å². The summed E-state index contributed by atoms with van der Waals surface area (Å²) in [6, 6.07) is -0.290. The summed E-state index contributed by atoms with van der Waals surface area (Å²) in [7, 11) is 0. The van der Waals surface area contributed by atoms with Crippen LogP contribution in [-0.2, 0) is 4.79 Å². The van der Waals surface area contributed by atoms with Gasteiger partial charge < -0.3 is 15.7 Å². The van der Waals surface area contributed by atoms with Gasteiger partial charge in [-0.2, -0.15) is 0 Å². The molecule has 0 aliphatic carbocycles. The van der Waals surface area contributed by atoms with Crippen LogP contribution in [0.15, 0.2) is 0 Å². The molecule has 0 fully saturated rings. The summed E-state index contributed by atoms with van der Waals surface area (Å²) in [6.45, 7) is 8.40. The summed E-state index contributed by atoms with van der Waals surface area (Å²) >= 11 is 0. The number of amides is 2. The molecule has 0 aliphatic heterocycles. The average molecular weight is 286 g/mol. The zero-order valence-electron chi connectivity index (χ0n) is 13.3. The largest absolute Gasteiger partial charge is 0.481 e. The van der Waals surface area contributed by atoms with Crippen LogP contribution in [0.25, 0.3) is 0 Å². The number of carbonyl (C=O) groups excluding carboxylic acids is 1. The van der Waals surface area contributed by atoms with Gasteiger partial charge in [0.25, 0.3) is 0 Å². The van der Waals surface area contributed by atoms with Gasteiger partial charge in [0.05, 0.1) is 5.41 Å². The Bertz CT molecular complexity index is 301. The molecule has 0 aromatic rings. The van der Waals surface area contributed by atoms with Gasteiger partial charge in [-0.05, 0) is 26.2 Å². The first-order valence-corrected chi connectivity index (χ1v) is 7.51. The third-order valence-corrected chi connectivity index (χ3v) is 3.26. The maximum absolute atomic E-state index is 11.5. The molecule has 0 saturated heterocycles. The van der Waals surface area contributed by atoms with Gasteiger partial charge in [0.2, 0.25) is 0 Å². The summed E-state index contributed by atoms with van der Waals surface area (Å²) in [5, 5.41) is 14.3. The molecule has 0 saturated carbocycles. The van der Waals surface area contributed by atoms with Gasteiger partial charge in [-0.15, -0.1) is 0 Å². The van der Waals surface area contributed by atoms with E-state index in [0.29, 0.717) is 6.54 Å². The first-order chi connectivity index (χ1) is 9.25. The van der Waals surface area contributed by atoms with Gasteiger partial charge in [0.15, 0.2) is 0 Å². The second-order valence-corrected chi connectivity index (χ2v) is 6.40. The number of aliphatic carboxylic acids is 1. The smallest absolute Gasteiger partial charge is 0.314 e. The molecule has 0 unspecified atom stereocenters. The lowest BCUT2D eigenvalue weighted by Gasteiger charge is -2.19. The topological polar surface area (TPSA) is 78.4 Å². The fourth-order valence-corrected chi connectivity index (χ4v) is 1.67. The minimum absolute atomic E-state index is 0.128. The van der Waals surface area contributed by atoms with Crippen LogP contribution in [0.5, 0.6) is 0 Å². The van der Waals surface area contributed by atoms with Crippen molar-refractivity contribution in [3.63, 3.8) is 0 Å². The molecule has 5 heteroatoms. The summed E-state index contributed by atoms with van der Waals surface area (Å²) in [4.78, 5) is 22.3. The molecule has 118 valence electrons. The highest BCUT2D eigenvalue weighted by atomic mass is 16.4. The van der Waals surface area contributed by atoms with E-state index in [1.165, 1.54) is 19.3 Å². The third-order valence-electron chi connectivity index (χ3n) is 3.26. The fraction of sp³-hybridized carbons (Fsp3) is 0.867. The van der Waals surface area contributed by atoms with E-state index in [0.717, 1.165) is 18.8 Å². The van der Waals surface area contributed by atoms with Gasteiger partial charge in [0.1, 0.15) is 0 Å². The lowest BCUT2D eigenvalue weighted by molar-refractivity contribution is -0.146. The first-order valence-electron chi connectivity index (χ1n) is 7.51. The van der Waals surface area contributed by atoms with E-state index in [2.05, 4.69) is 24.5 Å². The van der Waals surface area contributed by atoms with E-state index in [1.807, 2.05) is 0 Å². The molecule has 0 aromatic heterocycles. The van der Waals surface area contributed by atoms with E-state index in [9.17, 15) is 9.59 Å². The molecule has 0 aromatic carbocycles. The Hall–Kier alpha value is -1.26. The van der Waals surface area contributed by atoms with E-state index in [-0.39, 0.29) is 12.6 Å². The van der Waals surface area contributed by atoms with Crippen molar-refractivity contribution >= 4 is 12.0 Å². The molecule has 0 heterocycles. The minimum atomic E-state index is -0.936. The number of carbonyl (C=O) groups is 2. The zero-order valence-corrected chi connectivity index (χ0v) is 13.3. The predicted octanol–water partition coefficient (Wildman–Crippen LogP) is 3.00. The van der Waals surface area contributed by atoms with Crippen molar-refractivity contribution in [2.45, 2.75) is 59.8 Å². The molecule has 0 bridgehead atoms. The molecule has 0 atom stereocenters. The SMILES string of the molecule is CC(C)CCCCCCNC(=O)NCC(C)(C)C(=O)O. The van der Waals surface area contributed by atoms with Crippen molar-refractivity contribution < 1.29 is 14.7 Å². The van der Waals surface area contributed by atoms with Crippen LogP contribution >= 0.6 is 0 Å². The molecular weight excluding hydrogens is 256 g/mol. The maximum atomic E-state index is 11.5. The number of unbranched alkanes of at least 4 members (excludes halogenated alkanes) is 3. The Balaban J connectivity index is 3.53. The Morgan fingerprint density at radius 1 is 1.05 bits per heavy atom. The van der Waals surface area contributed by atoms with Crippen molar-refractivity contribution in [1.82, 2.24) is 10.6 Å². The Kier molecular flexibility index (Phi) is 9.01. The number of hydrogen-bond donors (Lipinski definition) is 3. The average Bonchev–Trinajstić information content (AvgIpc) is 2.34. The molecule has 20 heavy (non-hydrogen) atoms. The molecule has 0 radical (unpaired) electrons. The molecule has 2 amide bonds. The monoisotopic (exact) mass is 286 g/mol. The number of rotatable bonds is 10. The summed E-state index contributed by atoms with van der Waals surface area (Å²) in [6.07, 6.45) is 5.80. The van der Waals surface area contributed by atoms with Gasteiger partial charge in [-0.3, -0.25) is 4.79 Å². The maximum Gasteiger partial charge on any atom is 0.314 e. The molecular formula is C15H30N2O3. The quantitative estimate of drug-likeness (QED) is 0.540. The second-order valence-electron chi connectivity index (χ2n) is 6.40. The van der Waals surface area contributed by atoms with Crippen molar-refractivity contribution in [1.29, 1.82) is 0 Å². The summed E-state index contributed by atoms with van der Waals surface area (Å²) in [5.74, 6) is -0.153. The molecule has 0 rings (SSSR count). The van der Waals surface area contributed by atoms with Crippen LogP contribution in [0.3, 0.4) is 0 Å². The first kappa shape index (κ1) is 18.7. The number of urea groups is 1. The third kappa shape index (κ3) is 9.64. The Labute approximate surface area is 122 Å². The fourth-order valence-electron chi connectivity index (χ4n) is 1.67. The van der Waals surface area contributed by atoms with E-state index in [1.54, 1.807) is 13.8 Å². The van der Waals surface area contributed by atoms with Crippen molar-refractivity contribution in [2.24, 2.45) is 11.3 Å². The molecule has 0 aliphatic rings. The number of hydrogen-bond acceptors (Lipinski definition) is 2. The van der Waals surface area contributed by atoms with Crippen molar-refractivity contribution in [2.75, 3.05) is 13.1 Å². The van der Waals surface area contributed by atoms with Crippen LogP contribution in [-0.4, -0.2) is 30.2 Å². The van der Waals surface area contributed by atoms with Crippen LogP contribution in [0.4, 0.5) is 4.79 Å². The summed E-state index contributed by atoms with van der Waals surface area (Å²) < 4.78 is 0. The Morgan fingerprint density at radius 3 is 2.20 bits per heavy atom. The van der Waals surface area contributed by atoms with E-state index in [4.69, 9.17) is 5.11 Å². The number of carboxylic acid groups (broad SMARTS) is 1. The zero-order chi connectivity index (χ0) is 15.6. The highest BCUT2D eigenvalue weighted by molar-refractivity contribution is 5.77. The van der Waals surface area contributed by atoms with Gasteiger partial charge >= 0.3 is 12.0 Å². The van der Waals surface area contributed by atoms with Crippen LogP contribution < -0.4 is 10.6 Å². The second kappa shape index (κ2) is 9.61. The minimum Gasteiger partial charge on any atom is -0.481 e. The standard InChI is InChI=1S/C15H30N2O3/c1-12(2)9-7-5-6-8-10-16-14(20)17-11-15(3,4)13(18)19/h12H,5-11H2,1-4H3,(H,18,19)(H2,16,17,20). The number of nitrogens with one attached hydrogen (secondary N) is 2. The van der Waals surface area contributed by atoms with E-state index >= 15 is 0 Å². The highest BCUT2D eigenvalue weighted by Gasteiger charge is 2.27. The molecule has 3 N–H and O–H groups in total. The normalized spacial score (nSPS) is 11.4. The lowest BCUT2D eigenvalue weighted by Crippen LogP contribution is -2.43. The van der Waals surface area contributed by atoms with Gasteiger partial charge in [0, 0.05) is 13.1 Å². The highest BCUT2D eigenvalue weighted by Crippen LogP contribution is 2.12. The number of carboxylic acids is 1. The lowest BCUT2D eigenvalue weighted by atomic mass is 9.94. The molecule has 0 spiro atoms.